The Bertz CT molecular complexity index is 948. The molecule has 0 bridgehead atoms. The van der Waals surface area contributed by atoms with Gasteiger partial charge in [0.15, 0.2) is 5.96 Å². The van der Waals surface area contributed by atoms with Gasteiger partial charge in [-0.25, -0.2) is 4.98 Å². The lowest BCUT2D eigenvalue weighted by molar-refractivity contribution is -0.139. The Hall–Kier alpha value is -4.21. The number of benzene rings is 1. The number of aliphatic imine (C=N–C) groups is 1. The maximum absolute atomic E-state index is 10.4. The predicted octanol–water partition coefficient (Wildman–Crippen LogP) is -1.84. The highest BCUT2D eigenvalue weighted by atomic mass is 16.4. The summed E-state index contributed by atoms with van der Waals surface area (Å²) in [4.78, 5) is 41.1. The highest BCUT2D eigenvalue weighted by Crippen LogP contribution is 2.10. The van der Waals surface area contributed by atoms with Gasteiger partial charge < -0.3 is 54.1 Å². The molecule has 0 saturated carbocycles. The molecule has 0 aliphatic rings. The van der Waals surface area contributed by atoms with E-state index < -0.39 is 36.0 Å². The van der Waals surface area contributed by atoms with Crippen molar-refractivity contribution in [3.05, 3.63) is 48.0 Å². The van der Waals surface area contributed by atoms with Crippen LogP contribution in [0.15, 0.2) is 41.8 Å². The number of nitrogens with two attached hydrogens (primary N) is 5. The smallest absolute Gasteiger partial charge is 0.320 e. The topological polar surface area (TPSA) is 303 Å². The molecule has 0 aliphatic heterocycles. The Balaban J connectivity index is 0.000000512. The van der Waals surface area contributed by atoms with Crippen LogP contribution in [0.4, 0.5) is 0 Å². The van der Waals surface area contributed by atoms with E-state index >= 15 is 0 Å². The van der Waals surface area contributed by atoms with Gasteiger partial charge in [0.1, 0.15) is 23.9 Å². The van der Waals surface area contributed by atoms with E-state index in [4.69, 9.17) is 49.1 Å². The zero-order valence-corrected chi connectivity index (χ0v) is 19.5. The Kier molecular flexibility index (Phi) is 15.2. The number of aliphatic carboxylic acids is 3. The first kappa shape index (κ1) is 31.8. The minimum Gasteiger partial charge on any atom is -0.508 e. The molecule has 0 saturated heterocycles. The van der Waals surface area contributed by atoms with E-state index in [9.17, 15) is 14.4 Å². The zero-order chi connectivity index (χ0) is 27.7. The lowest BCUT2D eigenvalue weighted by Crippen LogP contribution is -2.32. The molecule has 3 atom stereocenters. The summed E-state index contributed by atoms with van der Waals surface area (Å²) in [6.45, 7) is 0.420. The number of phenolic OH excluding ortho intramolecular Hbond substituents is 1. The van der Waals surface area contributed by atoms with Crippen LogP contribution in [0.2, 0.25) is 0 Å². The first-order chi connectivity index (χ1) is 16.8. The van der Waals surface area contributed by atoms with E-state index in [0.717, 1.165) is 11.3 Å². The van der Waals surface area contributed by atoms with Crippen LogP contribution in [-0.4, -0.2) is 78.9 Å². The standard InChI is InChI=1S/C9H11NO3.C6H14N4O2.C6H9N3O2/c10-8(9(12)13)5-6-1-3-7(11)4-2-6;7-4(5(11)12)2-1-3-10-6(8)9;7-5(6(10)11)1-4-2-8-3-9-4/h1-4,8,11H,5,10H2,(H,12,13);4H,1-3,7H2,(H,11,12)(H4,8,9,10);2-3,5H,1,7H2,(H,8,9)(H,10,11). The van der Waals surface area contributed by atoms with E-state index in [-0.39, 0.29) is 24.6 Å². The number of hydrogen-bond donors (Lipinski definition) is 10. The van der Waals surface area contributed by atoms with Crippen LogP contribution in [0.5, 0.6) is 5.75 Å². The van der Waals surface area contributed by atoms with Crippen LogP contribution >= 0.6 is 0 Å². The molecular weight excluding hydrogens is 476 g/mol. The van der Waals surface area contributed by atoms with Gasteiger partial charge in [-0.1, -0.05) is 12.1 Å². The van der Waals surface area contributed by atoms with Gasteiger partial charge in [-0.05, 0) is 37.0 Å². The Morgan fingerprint density at radius 3 is 1.86 bits per heavy atom. The summed E-state index contributed by atoms with van der Waals surface area (Å²) in [7, 11) is 0. The number of nitrogens with zero attached hydrogens (tertiary/aromatic N) is 2. The number of aromatic amines is 1. The number of aromatic hydroxyl groups is 1. The Labute approximate surface area is 207 Å². The van der Waals surface area contributed by atoms with Gasteiger partial charge in [0.2, 0.25) is 0 Å². The van der Waals surface area contributed by atoms with Crippen LogP contribution in [-0.2, 0) is 27.2 Å². The van der Waals surface area contributed by atoms with E-state index in [2.05, 4.69) is 15.0 Å². The van der Waals surface area contributed by atoms with Crippen LogP contribution in [0.3, 0.4) is 0 Å². The van der Waals surface area contributed by atoms with Crippen LogP contribution in [0.25, 0.3) is 0 Å². The number of guanidine groups is 1. The quantitative estimate of drug-likeness (QED) is 0.0903. The van der Waals surface area contributed by atoms with Crippen molar-refractivity contribution in [1.29, 1.82) is 0 Å². The molecule has 1 aromatic heterocycles. The monoisotopic (exact) mass is 510 g/mol. The molecule has 0 aliphatic carbocycles. The fraction of sp³-hybridized carbons (Fsp3) is 0.381. The molecule has 36 heavy (non-hydrogen) atoms. The van der Waals surface area contributed by atoms with Gasteiger partial charge in [0.25, 0.3) is 0 Å². The molecule has 0 fully saturated rings. The molecule has 2 aromatic rings. The van der Waals surface area contributed by atoms with Crippen molar-refractivity contribution in [3.8, 4) is 5.75 Å². The third-order valence-corrected chi connectivity index (χ3v) is 4.31. The van der Waals surface area contributed by atoms with Crippen molar-refractivity contribution in [2.75, 3.05) is 6.54 Å². The second-order valence-corrected chi connectivity index (χ2v) is 7.43. The van der Waals surface area contributed by atoms with Crippen molar-refractivity contribution in [1.82, 2.24) is 9.97 Å². The second kappa shape index (κ2) is 17.3. The summed E-state index contributed by atoms with van der Waals surface area (Å²) in [6, 6.07) is 3.75. The summed E-state index contributed by atoms with van der Waals surface area (Å²) >= 11 is 0. The molecule has 15 heteroatoms. The maximum atomic E-state index is 10.4. The molecule has 1 heterocycles. The summed E-state index contributed by atoms with van der Waals surface area (Å²) in [5.41, 5.74) is 27.4. The number of H-pyrrole nitrogens is 1. The fourth-order valence-electron chi connectivity index (χ4n) is 2.34. The minimum atomic E-state index is -1.02. The number of carbonyl (C=O) groups is 3. The number of nitrogens with one attached hydrogen (secondary N) is 1. The average Bonchev–Trinajstić information content (AvgIpc) is 3.31. The molecule has 0 spiro atoms. The largest absolute Gasteiger partial charge is 0.508 e. The van der Waals surface area contributed by atoms with E-state index in [1.165, 1.54) is 18.5 Å². The summed E-state index contributed by atoms with van der Waals surface area (Å²) in [6.07, 6.45) is 4.56. The normalized spacial score (nSPS) is 12.4. The van der Waals surface area contributed by atoms with Gasteiger partial charge >= 0.3 is 17.9 Å². The first-order valence-electron chi connectivity index (χ1n) is 10.6. The number of carboxylic acids is 3. The summed E-state index contributed by atoms with van der Waals surface area (Å²) in [5.74, 6) is -2.85. The third-order valence-electron chi connectivity index (χ3n) is 4.31. The van der Waals surface area contributed by atoms with Crippen molar-refractivity contribution in [2.24, 2.45) is 33.7 Å². The third kappa shape index (κ3) is 15.6. The van der Waals surface area contributed by atoms with Gasteiger partial charge in [-0.15, -0.1) is 0 Å². The number of rotatable bonds is 11. The Morgan fingerprint density at radius 2 is 1.42 bits per heavy atom. The first-order valence-corrected chi connectivity index (χ1v) is 10.6. The van der Waals surface area contributed by atoms with Crippen molar-refractivity contribution >= 4 is 23.9 Å². The molecule has 2 rings (SSSR count). The van der Waals surface area contributed by atoms with E-state index in [0.29, 0.717) is 19.4 Å². The van der Waals surface area contributed by atoms with Crippen molar-refractivity contribution in [3.63, 3.8) is 0 Å². The number of phenols is 1. The molecule has 0 radical (unpaired) electrons. The molecule has 200 valence electrons. The van der Waals surface area contributed by atoms with Crippen molar-refractivity contribution in [2.45, 2.75) is 43.8 Å². The lowest BCUT2D eigenvalue weighted by Gasteiger charge is -2.05. The minimum absolute atomic E-state index is 0.0129. The van der Waals surface area contributed by atoms with Gasteiger partial charge in [0, 0.05) is 24.9 Å². The lowest BCUT2D eigenvalue weighted by atomic mass is 10.1. The van der Waals surface area contributed by atoms with Crippen LogP contribution in [0.1, 0.15) is 24.1 Å². The van der Waals surface area contributed by atoms with Gasteiger partial charge in [-0.3, -0.25) is 19.4 Å². The SMILES string of the molecule is NC(Cc1ccc(O)cc1)C(=O)O.NC(Cc1cnc[nH]1)C(=O)O.NC(N)=NCCCC(N)C(=O)O. The number of imidazole rings is 1. The molecule has 0 amide bonds. The number of hydrogen-bond acceptors (Lipinski definition) is 9. The van der Waals surface area contributed by atoms with Crippen LogP contribution in [0, 0.1) is 0 Å². The van der Waals surface area contributed by atoms with Crippen LogP contribution < -0.4 is 28.7 Å². The zero-order valence-electron chi connectivity index (χ0n) is 19.5. The molecule has 15 nitrogen and oxygen atoms in total. The average molecular weight is 511 g/mol. The molecule has 1 aromatic carbocycles. The molecule has 15 N–H and O–H groups in total. The van der Waals surface area contributed by atoms with E-state index in [1.54, 1.807) is 18.3 Å². The summed E-state index contributed by atoms with van der Waals surface area (Å²) < 4.78 is 0. The van der Waals surface area contributed by atoms with Gasteiger partial charge in [-0.2, -0.15) is 0 Å². The number of aromatic nitrogens is 2. The highest BCUT2D eigenvalue weighted by molar-refractivity contribution is 5.75. The number of carboxylic acid groups (broad SMARTS) is 3. The molecular formula is C21H34N8O7. The predicted molar refractivity (Wildman–Crippen MR) is 131 cm³/mol. The second-order valence-electron chi connectivity index (χ2n) is 7.43. The fourth-order valence-corrected chi connectivity index (χ4v) is 2.34. The Morgan fingerprint density at radius 1 is 0.889 bits per heavy atom. The van der Waals surface area contributed by atoms with E-state index in [1.807, 2.05) is 0 Å². The van der Waals surface area contributed by atoms with Gasteiger partial charge in [0.05, 0.1) is 6.33 Å². The molecule has 3 unspecified atom stereocenters. The highest BCUT2D eigenvalue weighted by Gasteiger charge is 2.12. The maximum Gasteiger partial charge on any atom is 0.320 e. The summed E-state index contributed by atoms with van der Waals surface area (Å²) in [5, 5.41) is 34.3. The van der Waals surface area contributed by atoms with Crippen molar-refractivity contribution < 1.29 is 34.8 Å².